The van der Waals surface area contributed by atoms with E-state index in [4.69, 9.17) is 4.74 Å². The van der Waals surface area contributed by atoms with Crippen LogP contribution in [0.1, 0.15) is 22.8 Å². The maximum absolute atomic E-state index is 15.5. The fourth-order valence-corrected chi connectivity index (χ4v) is 2.87. The van der Waals surface area contributed by atoms with Crippen LogP contribution in [0.15, 0.2) is 60.7 Å². The van der Waals surface area contributed by atoms with Gasteiger partial charge in [0.05, 0.1) is 6.61 Å². The van der Waals surface area contributed by atoms with E-state index in [2.05, 4.69) is 0 Å². The first-order valence-electron chi connectivity index (χ1n) is 8.38. The van der Waals surface area contributed by atoms with E-state index in [0.29, 0.717) is 11.1 Å². The number of hydrogen-bond acceptors (Lipinski definition) is 3. The Kier molecular flexibility index (Phi) is 5.03. The Balaban J connectivity index is 2.31. The molecule has 0 fully saturated rings. The number of esters is 1. The van der Waals surface area contributed by atoms with Crippen molar-refractivity contribution < 1.29 is 19.0 Å². The van der Waals surface area contributed by atoms with Crippen LogP contribution in [-0.2, 0) is 4.74 Å². The summed E-state index contributed by atoms with van der Waals surface area (Å²) in [6.45, 7) is 3.72. The van der Waals surface area contributed by atoms with Crippen LogP contribution in [0.25, 0.3) is 22.3 Å². The molecule has 0 saturated carbocycles. The maximum atomic E-state index is 15.5. The summed E-state index contributed by atoms with van der Waals surface area (Å²) in [5.41, 5.74) is 2.24. The Morgan fingerprint density at radius 2 is 1.69 bits per heavy atom. The normalized spacial score (nSPS) is 10.6. The van der Waals surface area contributed by atoms with Gasteiger partial charge in [0.25, 0.3) is 0 Å². The fourth-order valence-electron chi connectivity index (χ4n) is 2.87. The first kappa shape index (κ1) is 17.7. The predicted molar refractivity (Wildman–Crippen MR) is 99.6 cm³/mol. The van der Waals surface area contributed by atoms with Gasteiger partial charge in [-0.3, -0.25) is 0 Å². The second-order valence-corrected chi connectivity index (χ2v) is 5.96. The zero-order valence-corrected chi connectivity index (χ0v) is 14.6. The maximum Gasteiger partial charge on any atom is 0.342 e. The summed E-state index contributed by atoms with van der Waals surface area (Å²) in [4.78, 5) is 12.4. The Hall–Kier alpha value is -3.14. The largest absolute Gasteiger partial charge is 0.507 e. The molecule has 0 aromatic heterocycles. The van der Waals surface area contributed by atoms with Crippen molar-refractivity contribution in [3.05, 3.63) is 77.6 Å². The van der Waals surface area contributed by atoms with Crippen LogP contribution in [-0.4, -0.2) is 17.7 Å². The van der Waals surface area contributed by atoms with Gasteiger partial charge < -0.3 is 9.84 Å². The van der Waals surface area contributed by atoms with E-state index >= 15 is 4.39 Å². The summed E-state index contributed by atoms with van der Waals surface area (Å²) in [6, 6.07) is 17.3. The molecule has 132 valence electrons. The van der Waals surface area contributed by atoms with Crippen molar-refractivity contribution in [3.8, 4) is 28.0 Å². The van der Waals surface area contributed by atoms with Crippen molar-refractivity contribution in [2.24, 2.45) is 0 Å². The number of hydrogen-bond donors (Lipinski definition) is 1. The molecule has 0 aliphatic heterocycles. The smallest absolute Gasteiger partial charge is 0.342 e. The van der Waals surface area contributed by atoms with Gasteiger partial charge >= 0.3 is 5.97 Å². The standard InChI is InChI=1S/C22H19FO3/c1-3-26-22(25)20-18(24)13-17(15-7-5-4-6-8-15)21(23)19(20)16-11-9-14(2)10-12-16/h4-13,24H,3H2,1-2H3. The lowest BCUT2D eigenvalue weighted by atomic mass is 9.92. The SMILES string of the molecule is CCOC(=O)c1c(O)cc(-c2ccccc2)c(F)c1-c1ccc(C)cc1. The summed E-state index contributed by atoms with van der Waals surface area (Å²) < 4.78 is 20.5. The molecule has 0 aliphatic carbocycles. The molecule has 3 aromatic rings. The molecule has 0 aliphatic rings. The first-order chi connectivity index (χ1) is 12.5. The number of carbonyl (C=O) groups excluding carboxylic acids is 1. The predicted octanol–water partition coefficient (Wildman–Crippen LogP) is 5.35. The van der Waals surface area contributed by atoms with Gasteiger partial charge in [0.2, 0.25) is 0 Å². The minimum Gasteiger partial charge on any atom is -0.507 e. The highest BCUT2D eigenvalue weighted by atomic mass is 19.1. The average Bonchev–Trinajstić information content (AvgIpc) is 2.64. The summed E-state index contributed by atoms with van der Waals surface area (Å²) in [5, 5.41) is 10.5. The van der Waals surface area contributed by atoms with Gasteiger partial charge in [-0.25, -0.2) is 9.18 Å². The monoisotopic (exact) mass is 350 g/mol. The number of phenolic OH excluding ortho intramolecular Hbond substituents is 1. The molecular weight excluding hydrogens is 331 g/mol. The van der Waals surface area contributed by atoms with Crippen molar-refractivity contribution in [1.29, 1.82) is 0 Å². The van der Waals surface area contributed by atoms with Crippen LogP contribution in [0.5, 0.6) is 5.75 Å². The number of phenols is 1. The molecule has 0 unspecified atom stereocenters. The van der Waals surface area contributed by atoms with Crippen LogP contribution in [0.2, 0.25) is 0 Å². The quantitative estimate of drug-likeness (QED) is 0.645. The number of rotatable bonds is 4. The van der Waals surface area contributed by atoms with Gasteiger partial charge in [-0.1, -0.05) is 60.2 Å². The Bertz CT molecular complexity index is 932. The fraction of sp³-hybridized carbons (Fsp3) is 0.136. The molecule has 0 bridgehead atoms. The molecule has 1 N–H and O–H groups in total. The molecule has 3 nitrogen and oxygen atoms in total. The van der Waals surface area contributed by atoms with Gasteiger partial charge in [-0.2, -0.15) is 0 Å². The van der Waals surface area contributed by atoms with Gasteiger partial charge in [0, 0.05) is 11.1 Å². The number of aryl methyl sites for hydroxylation is 1. The Morgan fingerprint density at radius 3 is 2.31 bits per heavy atom. The van der Waals surface area contributed by atoms with E-state index in [1.54, 1.807) is 43.3 Å². The summed E-state index contributed by atoms with van der Waals surface area (Å²) in [6.07, 6.45) is 0. The van der Waals surface area contributed by atoms with Crippen molar-refractivity contribution >= 4 is 5.97 Å². The lowest BCUT2D eigenvalue weighted by molar-refractivity contribution is 0.0523. The highest BCUT2D eigenvalue weighted by Crippen LogP contribution is 2.39. The number of aromatic hydroxyl groups is 1. The van der Waals surface area contributed by atoms with Crippen LogP contribution in [0, 0.1) is 12.7 Å². The lowest BCUT2D eigenvalue weighted by Crippen LogP contribution is -2.09. The molecule has 3 rings (SSSR count). The van der Waals surface area contributed by atoms with E-state index in [0.717, 1.165) is 5.56 Å². The van der Waals surface area contributed by atoms with Gasteiger partial charge in [-0.15, -0.1) is 0 Å². The van der Waals surface area contributed by atoms with E-state index in [1.807, 2.05) is 25.1 Å². The summed E-state index contributed by atoms with van der Waals surface area (Å²) in [7, 11) is 0. The van der Waals surface area contributed by atoms with Crippen LogP contribution in [0.4, 0.5) is 4.39 Å². The second-order valence-electron chi connectivity index (χ2n) is 5.96. The lowest BCUT2D eigenvalue weighted by Gasteiger charge is -2.16. The number of ether oxygens (including phenoxy) is 1. The zero-order chi connectivity index (χ0) is 18.7. The van der Waals surface area contributed by atoms with Crippen molar-refractivity contribution in [2.45, 2.75) is 13.8 Å². The molecule has 3 aromatic carbocycles. The molecule has 0 amide bonds. The molecule has 0 atom stereocenters. The van der Waals surface area contributed by atoms with Crippen LogP contribution in [0.3, 0.4) is 0 Å². The summed E-state index contributed by atoms with van der Waals surface area (Å²) >= 11 is 0. The van der Waals surface area contributed by atoms with E-state index in [-0.39, 0.29) is 29.0 Å². The third-order valence-electron chi connectivity index (χ3n) is 4.15. The van der Waals surface area contributed by atoms with E-state index in [9.17, 15) is 9.90 Å². The second kappa shape index (κ2) is 7.40. The molecule has 0 spiro atoms. The third kappa shape index (κ3) is 3.31. The number of halogens is 1. The third-order valence-corrected chi connectivity index (χ3v) is 4.15. The Labute approximate surface area is 151 Å². The zero-order valence-electron chi connectivity index (χ0n) is 14.6. The van der Waals surface area contributed by atoms with Crippen molar-refractivity contribution in [1.82, 2.24) is 0 Å². The van der Waals surface area contributed by atoms with Crippen molar-refractivity contribution in [2.75, 3.05) is 6.61 Å². The van der Waals surface area contributed by atoms with E-state index < -0.39 is 11.8 Å². The van der Waals surface area contributed by atoms with Gasteiger partial charge in [0.15, 0.2) is 0 Å². The van der Waals surface area contributed by atoms with Gasteiger partial charge in [0.1, 0.15) is 17.1 Å². The van der Waals surface area contributed by atoms with Crippen LogP contribution < -0.4 is 0 Å². The van der Waals surface area contributed by atoms with Crippen molar-refractivity contribution in [3.63, 3.8) is 0 Å². The topological polar surface area (TPSA) is 46.5 Å². The highest BCUT2D eigenvalue weighted by Gasteiger charge is 2.25. The Morgan fingerprint density at radius 1 is 1.04 bits per heavy atom. The van der Waals surface area contributed by atoms with Crippen LogP contribution >= 0.6 is 0 Å². The molecule has 0 radical (unpaired) electrons. The first-order valence-corrected chi connectivity index (χ1v) is 8.38. The highest BCUT2D eigenvalue weighted by molar-refractivity contribution is 6.01. The minimum atomic E-state index is -0.751. The van der Waals surface area contributed by atoms with Gasteiger partial charge in [-0.05, 0) is 31.0 Å². The molecule has 0 saturated heterocycles. The number of carbonyl (C=O) groups is 1. The number of benzene rings is 3. The van der Waals surface area contributed by atoms with E-state index in [1.165, 1.54) is 6.07 Å². The molecule has 0 heterocycles. The molecule has 4 heteroatoms. The summed E-state index contributed by atoms with van der Waals surface area (Å²) in [5.74, 6) is -1.63. The molecular formula is C22H19FO3. The molecule has 26 heavy (non-hydrogen) atoms. The average molecular weight is 350 g/mol. The minimum absolute atomic E-state index is 0.0438.